The summed E-state index contributed by atoms with van der Waals surface area (Å²) in [5.41, 5.74) is 4.51. The summed E-state index contributed by atoms with van der Waals surface area (Å²) >= 11 is 5.29. The van der Waals surface area contributed by atoms with Gasteiger partial charge in [-0.25, -0.2) is 0 Å². The molecule has 1 N–H and O–H groups in total. The smallest absolute Gasteiger partial charge is 0.0794 e. The summed E-state index contributed by atoms with van der Waals surface area (Å²) in [5, 5.41) is 3.55. The SMILES string of the molecule is CCNC(Cc1cncs1)c1cc(C)cc(Br)c1. The van der Waals surface area contributed by atoms with Crippen LogP contribution in [-0.4, -0.2) is 11.5 Å². The molecule has 0 aliphatic rings. The maximum atomic E-state index is 4.15. The van der Waals surface area contributed by atoms with E-state index in [1.807, 2.05) is 11.7 Å². The molecule has 1 aromatic heterocycles. The van der Waals surface area contributed by atoms with Gasteiger partial charge in [-0.15, -0.1) is 11.3 Å². The molecule has 0 fully saturated rings. The molecule has 0 saturated heterocycles. The van der Waals surface area contributed by atoms with Gasteiger partial charge in [0.05, 0.1) is 5.51 Å². The van der Waals surface area contributed by atoms with Crippen LogP contribution in [0.2, 0.25) is 0 Å². The van der Waals surface area contributed by atoms with E-state index in [-0.39, 0.29) is 0 Å². The number of benzene rings is 1. The molecule has 0 bridgehead atoms. The Bertz CT molecular complexity index is 476. The largest absolute Gasteiger partial charge is 0.310 e. The maximum Gasteiger partial charge on any atom is 0.0794 e. The number of nitrogens with zero attached hydrogens (tertiary/aromatic N) is 1. The van der Waals surface area contributed by atoms with Gasteiger partial charge in [-0.05, 0) is 36.7 Å². The lowest BCUT2D eigenvalue weighted by atomic mass is 10.0. The number of aromatic nitrogens is 1. The third-order valence-corrected chi connectivity index (χ3v) is 4.07. The molecule has 18 heavy (non-hydrogen) atoms. The van der Waals surface area contributed by atoms with Gasteiger partial charge < -0.3 is 5.32 Å². The van der Waals surface area contributed by atoms with Crippen LogP contribution in [0.5, 0.6) is 0 Å². The Morgan fingerprint density at radius 1 is 1.39 bits per heavy atom. The third-order valence-electron chi connectivity index (χ3n) is 2.81. The summed E-state index contributed by atoms with van der Waals surface area (Å²) in [6.45, 7) is 5.24. The molecule has 4 heteroatoms. The fourth-order valence-corrected chi connectivity index (χ4v) is 3.33. The van der Waals surface area contributed by atoms with Crippen molar-refractivity contribution < 1.29 is 0 Å². The Balaban J connectivity index is 2.23. The Labute approximate surface area is 121 Å². The van der Waals surface area contributed by atoms with Crippen LogP contribution in [0.4, 0.5) is 0 Å². The highest BCUT2D eigenvalue weighted by Gasteiger charge is 2.13. The van der Waals surface area contributed by atoms with E-state index in [4.69, 9.17) is 0 Å². The van der Waals surface area contributed by atoms with Crippen LogP contribution < -0.4 is 5.32 Å². The van der Waals surface area contributed by atoms with Crippen molar-refractivity contribution in [2.75, 3.05) is 6.54 Å². The van der Waals surface area contributed by atoms with Gasteiger partial charge in [0.15, 0.2) is 0 Å². The first-order valence-electron chi connectivity index (χ1n) is 6.07. The summed E-state index contributed by atoms with van der Waals surface area (Å²) in [6, 6.07) is 6.94. The van der Waals surface area contributed by atoms with Gasteiger partial charge in [0, 0.05) is 28.0 Å². The predicted octanol–water partition coefficient (Wildman–Crippen LogP) is 4.11. The highest BCUT2D eigenvalue weighted by molar-refractivity contribution is 9.10. The van der Waals surface area contributed by atoms with E-state index >= 15 is 0 Å². The number of halogens is 1. The molecule has 2 nitrogen and oxygen atoms in total. The molecule has 0 saturated carbocycles. The molecule has 2 aromatic rings. The quantitative estimate of drug-likeness (QED) is 0.895. The molecule has 1 heterocycles. The number of thiazole rings is 1. The van der Waals surface area contributed by atoms with Crippen molar-refractivity contribution in [3.05, 3.63) is 50.4 Å². The van der Waals surface area contributed by atoms with Crippen molar-refractivity contribution in [2.45, 2.75) is 26.3 Å². The Hall–Kier alpha value is -0.710. The summed E-state index contributed by atoms with van der Waals surface area (Å²) < 4.78 is 1.14. The van der Waals surface area contributed by atoms with Gasteiger partial charge in [-0.3, -0.25) is 4.98 Å². The van der Waals surface area contributed by atoms with Crippen LogP contribution in [-0.2, 0) is 6.42 Å². The number of likely N-dealkylation sites (N-methyl/N-ethyl adjacent to an activating group) is 1. The highest BCUT2D eigenvalue weighted by atomic mass is 79.9. The van der Waals surface area contributed by atoms with Crippen molar-refractivity contribution in [3.8, 4) is 0 Å². The van der Waals surface area contributed by atoms with Gasteiger partial charge in [0.2, 0.25) is 0 Å². The molecule has 0 aliphatic carbocycles. The summed E-state index contributed by atoms with van der Waals surface area (Å²) in [4.78, 5) is 5.46. The number of rotatable bonds is 5. The fraction of sp³-hybridized carbons (Fsp3) is 0.357. The first kappa shape index (κ1) is 13.7. The molecule has 2 rings (SSSR count). The zero-order valence-corrected chi connectivity index (χ0v) is 13.0. The second-order valence-electron chi connectivity index (χ2n) is 4.34. The molecular weight excluding hydrogens is 308 g/mol. The number of aryl methyl sites for hydroxylation is 1. The molecule has 0 amide bonds. The lowest BCUT2D eigenvalue weighted by Gasteiger charge is -2.18. The lowest BCUT2D eigenvalue weighted by Crippen LogP contribution is -2.22. The number of nitrogens with one attached hydrogen (secondary N) is 1. The average Bonchev–Trinajstić information content (AvgIpc) is 2.80. The van der Waals surface area contributed by atoms with E-state index in [2.05, 4.69) is 58.3 Å². The Morgan fingerprint density at radius 2 is 2.22 bits per heavy atom. The minimum absolute atomic E-state index is 0.353. The zero-order chi connectivity index (χ0) is 13.0. The fourth-order valence-electron chi connectivity index (χ4n) is 2.06. The summed E-state index contributed by atoms with van der Waals surface area (Å²) in [6.07, 6.45) is 2.95. The van der Waals surface area contributed by atoms with Gasteiger partial charge in [0.1, 0.15) is 0 Å². The zero-order valence-electron chi connectivity index (χ0n) is 10.6. The summed E-state index contributed by atoms with van der Waals surface area (Å²) in [7, 11) is 0. The molecule has 96 valence electrons. The monoisotopic (exact) mass is 324 g/mol. The van der Waals surface area contributed by atoms with Crippen molar-refractivity contribution in [1.29, 1.82) is 0 Å². The highest BCUT2D eigenvalue weighted by Crippen LogP contribution is 2.24. The third kappa shape index (κ3) is 3.64. The summed E-state index contributed by atoms with van der Waals surface area (Å²) in [5.74, 6) is 0. The van der Waals surface area contributed by atoms with E-state index in [0.29, 0.717) is 6.04 Å². The molecule has 0 aliphatic heterocycles. The minimum Gasteiger partial charge on any atom is -0.310 e. The number of hydrogen-bond donors (Lipinski definition) is 1. The van der Waals surface area contributed by atoms with Crippen molar-refractivity contribution >= 4 is 27.3 Å². The molecule has 1 atom stereocenters. The van der Waals surface area contributed by atoms with Gasteiger partial charge in [0.25, 0.3) is 0 Å². The minimum atomic E-state index is 0.353. The maximum absolute atomic E-state index is 4.15. The second kappa shape index (κ2) is 6.45. The van der Waals surface area contributed by atoms with Crippen molar-refractivity contribution in [3.63, 3.8) is 0 Å². The second-order valence-corrected chi connectivity index (χ2v) is 6.23. The van der Waals surface area contributed by atoms with E-state index in [9.17, 15) is 0 Å². The van der Waals surface area contributed by atoms with Crippen molar-refractivity contribution in [1.82, 2.24) is 10.3 Å². The molecule has 1 unspecified atom stereocenters. The van der Waals surface area contributed by atoms with Crippen LogP contribution >= 0.6 is 27.3 Å². The lowest BCUT2D eigenvalue weighted by molar-refractivity contribution is 0.552. The van der Waals surface area contributed by atoms with Crippen LogP contribution in [0.3, 0.4) is 0 Å². The number of hydrogen-bond acceptors (Lipinski definition) is 3. The van der Waals surface area contributed by atoms with Gasteiger partial charge in [-0.1, -0.05) is 28.9 Å². The van der Waals surface area contributed by atoms with Crippen LogP contribution in [0.1, 0.15) is 29.0 Å². The van der Waals surface area contributed by atoms with E-state index in [0.717, 1.165) is 17.4 Å². The van der Waals surface area contributed by atoms with Crippen LogP contribution in [0.25, 0.3) is 0 Å². The predicted molar refractivity (Wildman–Crippen MR) is 81.1 cm³/mol. The van der Waals surface area contributed by atoms with Gasteiger partial charge in [-0.2, -0.15) is 0 Å². The standard InChI is InChI=1S/C14H17BrN2S/c1-3-17-14(7-13-8-16-9-18-13)11-4-10(2)5-12(15)6-11/h4-6,8-9,14,17H,3,7H2,1-2H3. The van der Waals surface area contributed by atoms with Gasteiger partial charge >= 0.3 is 0 Å². The molecule has 1 aromatic carbocycles. The first-order valence-corrected chi connectivity index (χ1v) is 7.74. The van der Waals surface area contributed by atoms with E-state index in [1.165, 1.54) is 16.0 Å². The topological polar surface area (TPSA) is 24.9 Å². The Morgan fingerprint density at radius 3 is 2.83 bits per heavy atom. The van der Waals surface area contributed by atoms with E-state index in [1.54, 1.807) is 11.3 Å². The van der Waals surface area contributed by atoms with E-state index < -0.39 is 0 Å². The van der Waals surface area contributed by atoms with Crippen LogP contribution in [0.15, 0.2) is 34.4 Å². The van der Waals surface area contributed by atoms with Crippen molar-refractivity contribution in [2.24, 2.45) is 0 Å². The average molecular weight is 325 g/mol. The molecule has 0 spiro atoms. The Kier molecular flexibility index (Phi) is 4.92. The normalized spacial score (nSPS) is 12.6. The molecular formula is C14H17BrN2S. The van der Waals surface area contributed by atoms with Crippen LogP contribution in [0, 0.1) is 6.92 Å². The first-order chi connectivity index (χ1) is 8.69. The molecule has 0 radical (unpaired) electrons.